The number of anilines is 1. The molecule has 0 spiro atoms. The molecule has 0 saturated heterocycles. The molecule has 0 aliphatic heterocycles. The highest BCUT2D eigenvalue weighted by atomic mass is 32.2. The molecule has 1 amide bonds. The van der Waals surface area contributed by atoms with Crippen LogP contribution in [0.3, 0.4) is 0 Å². The minimum atomic E-state index is -0.204. The molecule has 0 aliphatic rings. The first-order valence-electron chi connectivity index (χ1n) is 8.23. The van der Waals surface area contributed by atoms with Crippen LogP contribution in [0.1, 0.15) is 16.8 Å². The third-order valence-electron chi connectivity index (χ3n) is 3.68. The standard InChI is InChI=1S/C20H20N2O2S2/c1-14-7-6-8-15(2)19(14)24-11-18(23)22-20-21-16(13-26-20)12-25-17-9-4-3-5-10-17/h3-10,13H,11-12H2,1-2H3,(H,21,22,23). The van der Waals surface area contributed by atoms with Gasteiger partial charge in [0.05, 0.1) is 5.69 Å². The lowest BCUT2D eigenvalue weighted by molar-refractivity contribution is -0.118. The molecule has 1 N–H and O–H groups in total. The Bertz CT molecular complexity index is 858. The Morgan fingerprint density at radius 3 is 2.58 bits per heavy atom. The molecule has 3 rings (SSSR count). The van der Waals surface area contributed by atoms with Crippen molar-refractivity contribution in [1.82, 2.24) is 4.98 Å². The van der Waals surface area contributed by atoms with Crippen molar-refractivity contribution in [2.45, 2.75) is 24.5 Å². The van der Waals surface area contributed by atoms with E-state index in [1.165, 1.54) is 16.2 Å². The van der Waals surface area contributed by atoms with Crippen LogP contribution in [0.5, 0.6) is 5.75 Å². The second kappa shape index (κ2) is 8.87. The first kappa shape index (κ1) is 18.5. The fourth-order valence-electron chi connectivity index (χ4n) is 2.42. The Kier molecular flexibility index (Phi) is 6.30. The van der Waals surface area contributed by atoms with Gasteiger partial charge in [0.15, 0.2) is 11.7 Å². The summed E-state index contributed by atoms with van der Waals surface area (Å²) < 4.78 is 5.67. The lowest BCUT2D eigenvalue weighted by atomic mass is 10.1. The molecule has 1 aromatic heterocycles. The number of carbonyl (C=O) groups is 1. The van der Waals surface area contributed by atoms with Gasteiger partial charge in [0.1, 0.15) is 5.75 Å². The number of amides is 1. The zero-order valence-electron chi connectivity index (χ0n) is 14.7. The van der Waals surface area contributed by atoms with Crippen LogP contribution in [0, 0.1) is 13.8 Å². The molecule has 26 heavy (non-hydrogen) atoms. The molecule has 0 saturated carbocycles. The maximum atomic E-state index is 12.1. The zero-order valence-corrected chi connectivity index (χ0v) is 16.3. The van der Waals surface area contributed by atoms with E-state index in [4.69, 9.17) is 4.74 Å². The van der Waals surface area contributed by atoms with Crippen LogP contribution in [0.15, 0.2) is 58.8 Å². The van der Waals surface area contributed by atoms with Gasteiger partial charge in [0.25, 0.3) is 5.91 Å². The number of nitrogens with zero attached hydrogens (tertiary/aromatic N) is 1. The Morgan fingerprint density at radius 2 is 1.85 bits per heavy atom. The second-order valence-electron chi connectivity index (χ2n) is 5.80. The average molecular weight is 385 g/mol. The predicted octanol–water partition coefficient (Wildman–Crippen LogP) is 5.07. The van der Waals surface area contributed by atoms with Gasteiger partial charge >= 0.3 is 0 Å². The van der Waals surface area contributed by atoms with Gasteiger partial charge in [-0.3, -0.25) is 10.1 Å². The van der Waals surface area contributed by atoms with Gasteiger partial charge in [0.2, 0.25) is 0 Å². The smallest absolute Gasteiger partial charge is 0.264 e. The summed E-state index contributed by atoms with van der Waals surface area (Å²) >= 11 is 3.15. The highest BCUT2D eigenvalue weighted by Gasteiger charge is 2.10. The molecular formula is C20H20N2O2S2. The van der Waals surface area contributed by atoms with Crippen molar-refractivity contribution in [1.29, 1.82) is 0 Å². The highest BCUT2D eigenvalue weighted by Crippen LogP contribution is 2.25. The lowest BCUT2D eigenvalue weighted by Crippen LogP contribution is -2.20. The SMILES string of the molecule is Cc1cccc(C)c1OCC(=O)Nc1nc(CSc2ccccc2)cs1. The molecule has 4 nitrogen and oxygen atoms in total. The number of aromatic nitrogens is 1. The monoisotopic (exact) mass is 384 g/mol. The molecular weight excluding hydrogens is 364 g/mol. The molecule has 0 unspecified atom stereocenters. The largest absolute Gasteiger partial charge is 0.483 e. The molecule has 1 heterocycles. The van der Waals surface area contributed by atoms with Crippen LogP contribution in [-0.4, -0.2) is 17.5 Å². The van der Waals surface area contributed by atoms with E-state index in [2.05, 4.69) is 22.4 Å². The van der Waals surface area contributed by atoms with E-state index < -0.39 is 0 Å². The number of thiazole rings is 1. The Hall–Kier alpha value is -2.31. The minimum absolute atomic E-state index is 0.0284. The van der Waals surface area contributed by atoms with Crippen molar-refractivity contribution in [2.75, 3.05) is 11.9 Å². The third kappa shape index (κ3) is 5.09. The number of rotatable bonds is 7. The molecule has 0 radical (unpaired) electrons. The number of carbonyl (C=O) groups excluding carboxylic acids is 1. The predicted molar refractivity (Wildman–Crippen MR) is 108 cm³/mol. The topological polar surface area (TPSA) is 51.2 Å². The number of nitrogens with one attached hydrogen (secondary N) is 1. The Morgan fingerprint density at radius 1 is 1.12 bits per heavy atom. The van der Waals surface area contributed by atoms with E-state index in [-0.39, 0.29) is 12.5 Å². The summed E-state index contributed by atoms with van der Waals surface area (Å²) in [5.41, 5.74) is 2.99. The molecule has 6 heteroatoms. The van der Waals surface area contributed by atoms with Crippen molar-refractivity contribution >= 4 is 34.1 Å². The normalized spacial score (nSPS) is 10.5. The Labute approximate surface area is 161 Å². The fourth-order valence-corrected chi connectivity index (χ4v) is 4.07. The fraction of sp³-hybridized carbons (Fsp3) is 0.200. The van der Waals surface area contributed by atoms with Gasteiger partial charge in [-0.15, -0.1) is 23.1 Å². The molecule has 2 aromatic carbocycles. The van der Waals surface area contributed by atoms with Crippen LogP contribution in [0.2, 0.25) is 0 Å². The number of thioether (sulfide) groups is 1. The third-order valence-corrected chi connectivity index (χ3v) is 5.54. The number of benzene rings is 2. The van der Waals surface area contributed by atoms with Crippen molar-refractivity contribution in [3.63, 3.8) is 0 Å². The molecule has 0 bridgehead atoms. The summed E-state index contributed by atoms with van der Waals surface area (Å²) in [6.07, 6.45) is 0. The van der Waals surface area contributed by atoms with Gasteiger partial charge < -0.3 is 4.74 Å². The van der Waals surface area contributed by atoms with Crippen LogP contribution < -0.4 is 10.1 Å². The summed E-state index contributed by atoms with van der Waals surface area (Å²) in [7, 11) is 0. The van der Waals surface area contributed by atoms with Crippen LogP contribution in [-0.2, 0) is 10.5 Å². The van der Waals surface area contributed by atoms with E-state index in [9.17, 15) is 4.79 Å². The summed E-state index contributed by atoms with van der Waals surface area (Å²) in [6, 6.07) is 16.1. The van der Waals surface area contributed by atoms with Crippen molar-refractivity contribution in [3.8, 4) is 5.75 Å². The van der Waals surface area contributed by atoms with Gasteiger partial charge in [-0.2, -0.15) is 0 Å². The maximum absolute atomic E-state index is 12.1. The zero-order chi connectivity index (χ0) is 18.4. The van der Waals surface area contributed by atoms with Crippen LogP contribution >= 0.6 is 23.1 Å². The van der Waals surface area contributed by atoms with E-state index in [0.29, 0.717) is 5.13 Å². The first-order chi connectivity index (χ1) is 12.6. The minimum Gasteiger partial charge on any atom is -0.483 e. The number of ether oxygens (including phenoxy) is 1. The average Bonchev–Trinajstić information content (AvgIpc) is 3.08. The number of hydrogen-bond donors (Lipinski definition) is 1. The van der Waals surface area contributed by atoms with Gasteiger partial charge in [-0.05, 0) is 37.1 Å². The highest BCUT2D eigenvalue weighted by molar-refractivity contribution is 7.98. The summed E-state index contributed by atoms with van der Waals surface area (Å²) in [5.74, 6) is 1.33. The van der Waals surface area contributed by atoms with Crippen LogP contribution in [0.25, 0.3) is 0 Å². The van der Waals surface area contributed by atoms with Crippen molar-refractivity contribution in [3.05, 3.63) is 70.7 Å². The van der Waals surface area contributed by atoms with E-state index in [1.807, 2.05) is 55.6 Å². The molecule has 0 fully saturated rings. The molecule has 0 aliphatic carbocycles. The van der Waals surface area contributed by atoms with Gasteiger partial charge in [-0.1, -0.05) is 36.4 Å². The quantitative estimate of drug-likeness (QED) is 0.578. The number of para-hydroxylation sites is 1. The Balaban J connectivity index is 1.50. The second-order valence-corrected chi connectivity index (χ2v) is 7.71. The summed E-state index contributed by atoms with van der Waals surface area (Å²) in [5, 5.41) is 5.37. The van der Waals surface area contributed by atoms with Crippen molar-refractivity contribution < 1.29 is 9.53 Å². The first-order valence-corrected chi connectivity index (χ1v) is 10.1. The molecule has 134 valence electrons. The van der Waals surface area contributed by atoms with Crippen molar-refractivity contribution in [2.24, 2.45) is 0 Å². The summed E-state index contributed by atoms with van der Waals surface area (Å²) in [4.78, 5) is 17.8. The number of aryl methyl sites for hydroxylation is 2. The van der Waals surface area contributed by atoms with E-state index in [0.717, 1.165) is 28.3 Å². The summed E-state index contributed by atoms with van der Waals surface area (Å²) in [6.45, 7) is 3.91. The van der Waals surface area contributed by atoms with E-state index >= 15 is 0 Å². The van der Waals surface area contributed by atoms with E-state index in [1.54, 1.807) is 11.8 Å². The lowest BCUT2D eigenvalue weighted by Gasteiger charge is -2.11. The van der Waals surface area contributed by atoms with Gasteiger partial charge in [-0.25, -0.2) is 4.98 Å². The molecule has 3 aromatic rings. The maximum Gasteiger partial charge on any atom is 0.264 e. The molecule has 0 atom stereocenters. The van der Waals surface area contributed by atoms with Gasteiger partial charge in [0, 0.05) is 16.0 Å². The number of hydrogen-bond acceptors (Lipinski definition) is 5. The van der Waals surface area contributed by atoms with Crippen LogP contribution in [0.4, 0.5) is 5.13 Å².